The van der Waals surface area contributed by atoms with Crippen LogP contribution in [-0.2, 0) is 15.1 Å². The lowest BCUT2D eigenvalue weighted by Gasteiger charge is -2.42. The van der Waals surface area contributed by atoms with E-state index >= 15 is 0 Å². The van der Waals surface area contributed by atoms with Crippen LogP contribution in [0.15, 0.2) is 60.7 Å². The van der Waals surface area contributed by atoms with Crippen LogP contribution in [0.1, 0.15) is 30.4 Å². The third kappa shape index (κ3) is 3.52. The second-order valence-corrected chi connectivity index (χ2v) is 7.66. The molecule has 4 rings (SSSR count). The van der Waals surface area contributed by atoms with Crippen molar-refractivity contribution in [2.75, 3.05) is 26.3 Å². The average molecular weight is 365 g/mol. The van der Waals surface area contributed by atoms with Gasteiger partial charge in [-0.2, -0.15) is 0 Å². The maximum Gasteiger partial charge on any atom is 0.228 e. The van der Waals surface area contributed by atoms with Gasteiger partial charge in [-0.25, -0.2) is 0 Å². The predicted molar refractivity (Wildman–Crippen MR) is 104 cm³/mol. The number of aliphatic hydroxyl groups is 1. The molecule has 0 spiro atoms. The van der Waals surface area contributed by atoms with Gasteiger partial charge in [-0.05, 0) is 36.3 Å². The molecule has 0 aromatic heterocycles. The van der Waals surface area contributed by atoms with E-state index in [2.05, 4.69) is 0 Å². The summed E-state index contributed by atoms with van der Waals surface area (Å²) >= 11 is 0. The molecule has 2 fully saturated rings. The fraction of sp³-hybridized carbons (Fsp3) is 0.435. The van der Waals surface area contributed by atoms with Crippen molar-refractivity contribution in [3.63, 3.8) is 0 Å². The Labute approximate surface area is 160 Å². The summed E-state index contributed by atoms with van der Waals surface area (Å²) in [5.41, 5.74) is 0.809. The molecule has 2 heterocycles. The molecule has 1 atom stereocenters. The third-order valence-electron chi connectivity index (χ3n) is 6.10. The van der Waals surface area contributed by atoms with Crippen molar-refractivity contribution in [2.24, 2.45) is 11.8 Å². The Morgan fingerprint density at radius 2 is 1.48 bits per heavy atom. The first-order chi connectivity index (χ1) is 13.2. The van der Waals surface area contributed by atoms with Crippen LogP contribution in [0.3, 0.4) is 0 Å². The largest absolute Gasteiger partial charge is 0.381 e. The van der Waals surface area contributed by atoms with Crippen molar-refractivity contribution in [3.05, 3.63) is 71.8 Å². The number of likely N-dealkylation sites (tertiary alicyclic amines) is 1. The van der Waals surface area contributed by atoms with E-state index in [0.717, 1.165) is 30.4 Å². The minimum Gasteiger partial charge on any atom is -0.381 e. The first-order valence-electron chi connectivity index (χ1n) is 9.89. The fourth-order valence-corrected chi connectivity index (χ4v) is 4.53. The lowest BCUT2D eigenvalue weighted by atomic mass is 9.72. The number of hydrogen-bond donors (Lipinski definition) is 1. The first-order valence-corrected chi connectivity index (χ1v) is 9.89. The molecule has 0 aliphatic carbocycles. The van der Waals surface area contributed by atoms with Gasteiger partial charge in [0.25, 0.3) is 0 Å². The molecule has 1 amide bonds. The van der Waals surface area contributed by atoms with Crippen LogP contribution in [-0.4, -0.2) is 42.2 Å². The summed E-state index contributed by atoms with van der Waals surface area (Å²) in [6.45, 7) is 2.63. The minimum atomic E-state index is -1.03. The molecule has 0 unspecified atom stereocenters. The summed E-state index contributed by atoms with van der Waals surface area (Å²) in [7, 11) is 0. The van der Waals surface area contributed by atoms with Crippen LogP contribution in [0.2, 0.25) is 0 Å². The average Bonchev–Trinajstić information content (AvgIpc) is 3.29. The van der Waals surface area contributed by atoms with E-state index in [4.69, 9.17) is 4.74 Å². The van der Waals surface area contributed by atoms with Gasteiger partial charge in [0.05, 0.1) is 12.5 Å². The molecule has 2 aliphatic heterocycles. The number of hydrogen-bond acceptors (Lipinski definition) is 3. The predicted octanol–water partition coefficient (Wildman–Crippen LogP) is 3.20. The normalized spacial score (nSPS) is 21.4. The molecule has 27 heavy (non-hydrogen) atoms. The lowest BCUT2D eigenvalue weighted by Crippen LogP contribution is -2.47. The van der Waals surface area contributed by atoms with Crippen LogP contribution in [0.25, 0.3) is 0 Å². The van der Waals surface area contributed by atoms with E-state index in [9.17, 15) is 9.90 Å². The number of carbonyl (C=O) groups is 1. The molecule has 2 saturated heterocycles. The molecule has 2 aromatic rings. The van der Waals surface area contributed by atoms with Gasteiger partial charge in [-0.3, -0.25) is 4.79 Å². The maximum atomic E-state index is 12.7. The number of amides is 1. The van der Waals surface area contributed by atoms with Crippen molar-refractivity contribution < 1.29 is 14.6 Å². The van der Waals surface area contributed by atoms with Gasteiger partial charge in [0.1, 0.15) is 5.60 Å². The van der Waals surface area contributed by atoms with Gasteiger partial charge in [0.2, 0.25) is 5.91 Å². The van der Waals surface area contributed by atoms with E-state index in [1.807, 2.05) is 65.6 Å². The zero-order valence-corrected chi connectivity index (χ0v) is 15.6. The molecule has 2 aromatic carbocycles. The summed E-state index contributed by atoms with van der Waals surface area (Å²) in [6, 6.07) is 19.8. The zero-order chi connectivity index (χ0) is 18.7. The molecule has 1 N–H and O–H groups in total. The van der Waals surface area contributed by atoms with Gasteiger partial charge in [0, 0.05) is 19.7 Å². The zero-order valence-electron chi connectivity index (χ0n) is 15.6. The maximum absolute atomic E-state index is 12.7. The summed E-state index contributed by atoms with van der Waals surface area (Å²) in [5.74, 6) is 0.309. The van der Waals surface area contributed by atoms with Crippen LogP contribution in [0.5, 0.6) is 0 Å². The van der Waals surface area contributed by atoms with Crippen molar-refractivity contribution in [1.82, 2.24) is 4.90 Å². The number of piperidine rings is 1. The quantitative estimate of drug-likeness (QED) is 0.905. The smallest absolute Gasteiger partial charge is 0.228 e. The minimum absolute atomic E-state index is 0.0173. The lowest BCUT2D eigenvalue weighted by molar-refractivity contribution is -0.138. The molecular weight excluding hydrogens is 338 g/mol. The number of carbonyl (C=O) groups excluding carboxylic acids is 1. The van der Waals surface area contributed by atoms with Crippen LogP contribution in [0, 0.1) is 11.8 Å². The van der Waals surface area contributed by atoms with Gasteiger partial charge < -0.3 is 14.7 Å². The Hall–Kier alpha value is -2.17. The highest BCUT2D eigenvalue weighted by molar-refractivity contribution is 5.79. The second kappa shape index (κ2) is 7.83. The van der Waals surface area contributed by atoms with Crippen molar-refractivity contribution in [3.8, 4) is 0 Å². The van der Waals surface area contributed by atoms with Crippen LogP contribution in [0.4, 0.5) is 0 Å². The van der Waals surface area contributed by atoms with Crippen LogP contribution < -0.4 is 0 Å². The van der Waals surface area contributed by atoms with E-state index in [-0.39, 0.29) is 17.7 Å². The number of rotatable bonds is 4. The second-order valence-electron chi connectivity index (χ2n) is 7.66. The van der Waals surface area contributed by atoms with Crippen LogP contribution >= 0.6 is 0 Å². The highest BCUT2D eigenvalue weighted by Gasteiger charge is 2.42. The van der Waals surface area contributed by atoms with Gasteiger partial charge >= 0.3 is 0 Å². The Balaban J connectivity index is 1.55. The summed E-state index contributed by atoms with van der Waals surface area (Å²) in [4.78, 5) is 14.6. The topological polar surface area (TPSA) is 49.8 Å². The van der Waals surface area contributed by atoms with Gasteiger partial charge in [-0.1, -0.05) is 60.7 Å². The Kier molecular flexibility index (Phi) is 5.28. The van der Waals surface area contributed by atoms with E-state index in [1.165, 1.54) is 0 Å². The molecule has 2 aliphatic rings. The Bertz CT molecular complexity index is 708. The summed E-state index contributed by atoms with van der Waals surface area (Å²) < 4.78 is 5.37. The number of nitrogens with zero attached hydrogens (tertiary/aromatic N) is 1. The highest BCUT2D eigenvalue weighted by Crippen LogP contribution is 2.42. The van der Waals surface area contributed by atoms with Crippen molar-refractivity contribution in [2.45, 2.75) is 24.9 Å². The third-order valence-corrected chi connectivity index (χ3v) is 6.10. The SMILES string of the molecule is O=C([C@H]1CCOC1)N1CCC(C(O)(c2ccccc2)c2ccccc2)CC1. The molecule has 0 saturated carbocycles. The molecule has 4 nitrogen and oxygen atoms in total. The van der Waals surface area contributed by atoms with Gasteiger partial charge in [0.15, 0.2) is 0 Å². The van der Waals surface area contributed by atoms with E-state index in [0.29, 0.717) is 26.3 Å². The molecule has 4 heteroatoms. The Morgan fingerprint density at radius 1 is 0.926 bits per heavy atom. The van der Waals surface area contributed by atoms with Crippen molar-refractivity contribution in [1.29, 1.82) is 0 Å². The summed E-state index contributed by atoms with van der Waals surface area (Å²) in [5, 5.41) is 11.9. The Morgan fingerprint density at radius 3 is 1.96 bits per heavy atom. The molecule has 142 valence electrons. The molecular formula is C23H27NO3. The fourth-order valence-electron chi connectivity index (χ4n) is 4.53. The van der Waals surface area contributed by atoms with E-state index < -0.39 is 5.60 Å². The van der Waals surface area contributed by atoms with Gasteiger partial charge in [-0.15, -0.1) is 0 Å². The summed E-state index contributed by atoms with van der Waals surface area (Å²) in [6.07, 6.45) is 2.41. The first kappa shape index (κ1) is 18.2. The number of benzene rings is 2. The monoisotopic (exact) mass is 365 g/mol. The molecule has 0 radical (unpaired) electrons. The highest BCUT2D eigenvalue weighted by atomic mass is 16.5. The standard InChI is InChI=1S/C23H27NO3/c25-22(18-13-16-27-17-18)24-14-11-21(12-15-24)23(26,19-7-3-1-4-8-19)20-9-5-2-6-10-20/h1-10,18,21,26H,11-17H2/t18-/m0/s1. The number of ether oxygens (including phenoxy) is 1. The van der Waals surface area contributed by atoms with Crippen molar-refractivity contribution >= 4 is 5.91 Å². The van der Waals surface area contributed by atoms with E-state index in [1.54, 1.807) is 0 Å². The molecule has 0 bridgehead atoms.